The molecule has 0 saturated heterocycles. The fraction of sp³-hybridized carbons (Fsp3) is 0.417. The SMILES string of the molecule is O=C1Nc2cc(Br)ccc2C1(CCO)CCO. The quantitative estimate of drug-likeness (QED) is 0.787. The summed E-state index contributed by atoms with van der Waals surface area (Å²) in [5.74, 6) is -0.145. The summed E-state index contributed by atoms with van der Waals surface area (Å²) in [5, 5.41) is 21.1. The van der Waals surface area contributed by atoms with E-state index in [0.717, 1.165) is 15.7 Å². The van der Waals surface area contributed by atoms with Crippen molar-refractivity contribution in [2.45, 2.75) is 18.3 Å². The predicted molar refractivity (Wildman–Crippen MR) is 67.9 cm³/mol. The Bertz CT molecular complexity index is 441. The first kappa shape index (κ1) is 12.5. The van der Waals surface area contributed by atoms with Gasteiger partial charge in [-0.15, -0.1) is 0 Å². The van der Waals surface area contributed by atoms with Crippen LogP contribution < -0.4 is 5.32 Å². The molecule has 0 saturated carbocycles. The van der Waals surface area contributed by atoms with Gasteiger partial charge in [0.2, 0.25) is 5.91 Å². The average Bonchev–Trinajstić information content (AvgIpc) is 2.53. The molecule has 17 heavy (non-hydrogen) atoms. The van der Waals surface area contributed by atoms with Crippen molar-refractivity contribution in [3.8, 4) is 0 Å². The minimum absolute atomic E-state index is 0.0804. The third kappa shape index (κ3) is 1.99. The number of hydrogen-bond acceptors (Lipinski definition) is 3. The van der Waals surface area contributed by atoms with Gasteiger partial charge in [0.15, 0.2) is 0 Å². The molecule has 1 amide bonds. The molecule has 0 aromatic heterocycles. The lowest BCUT2D eigenvalue weighted by Gasteiger charge is -2.25. The van der Waals surface area contributed by atoms with Gasteiger partial charge in [-0.1, -0.05) is 22.0 Å². The monoisotopic (exact) mass is 299 g/mol. The van der Waals surface area contributed by atoms with Gasteiger partial charge in [0, 0.05) is 23.4 Å². The van der Waals surface area contributed by atoms with E-state index in [1.807, 2.05) is 18.2 Å². The molecule has 3 N–H and O–H groups in total. The van der Waals surface area contributed by atoms with E-state index >= 15 is 0 Å². The van der Waals surface area contributed by atoms with Gasteiger partial charge < -0.3 is 15.5 Å². The molecule has 1 aliphatic rings. The average molecular weight is 300 g/mol. The van der Waals surface area contributed by atoms with Gasteiger partial charge >= 0.3 is 0 Å². The van der Waals surface area contributed by atoms with Crippen molar-refractivity contribution in [2.75, 3.05) is 18.5 Å². The Hall–Kier alpha value is -0.910. The molecule has 1 heterocycles. The summed E-state index contributed by atoms with van der Waals surface area (Å²) in [6, 6.07) is 5.56. The lowest BCUT2D eigenvalue weighted by molar-refractivity contribution is -0.122. The Morgan fingerprint density at radius 3 is 2.47 bits per heavy atom. The summed E-state index contributed by atoms with van der Waals surface area (Å²) in [6.45, 7) is -0.161. The second-order valence-corrected chi connectivity index (χ2v) is 5.09. The molecule has 0 unspecified atom stereocenters. The van der Waals surface area contributed by atoms with Crippen LogP contribution in [0.4, 0.5) is 5.69 Å². The number of carbonyl (C=O) groups is 1. The molecule has 5 heteroatoms. The summed E-state index contributed by atoms with van der Waals surface area (Å²) in [5.41, 5.74) is 0.819. The number of amides is 1. The highest BCUT2D eigenvalue weighted by Crippen LogP contribution is 2.43. The van der Waals surface area contributed by atoms with E-state index in [1.54, 1.807) is 0 Å². The summed E-state index contributed by atoms with van der Waals surface area (Å²) in [7, 11) is 0. The maximum Gasteiger partial charge on any atom is 0.235 e. The van der Waals surface area contributed by atoms with Crippen LogP contribution in [0.1, 0.15) is 18.4 Å². The highest BCUT2D eigenvalue weighted by Gasteiger charge is 2.45. The Labute approximate surface area is 108 Å². The molecule has 1 aromatic carbocycles. The van der Waals surface area contributed by atoms with E-state index in [9.17, 15) is 4.79 Å². The molecule has 1 aromatic rings. The van der Waals surface area contributed by atoms with Gasteiger partial charge in [-0.3, -0.25) is 4.79 Å². The lowest BCUT2D eigenvalue weighted by Crippen LogP contribution is -2.36. The zero-order chi connectivity index (χ0) is 12.5. The number of hydrogen-bond donors (Lipinski definition) is 3. The second-order valence-electron chi connectivity index (χ2n) is 4.17. The van der Waals surface area contributed by atoms with Crippen LogP contribution in [-0.4, -0.2) is 29.3 Å². The molecular weight excluding hydrogens is 286 g/mol. The highest BCUT2D eigenvalue weighted by atomic mass is 79.9. The number of anilines is 1. The van der Waals surface area contributed by atoms with Crippen LogP contribution >= 0.6 is 15.9 Å². The molecule has 4 nitrogen and oxygen atoms in total. The summed E-state index contributed by atoms with van der Waals surface area (Å²) < 4.78 is 0.889. The first-order chi connectivity index (χ1) is 8.14. The Morgan fingerprint density at radius 2 is 1.88 bits per heavy atom. The van der Waals surface area contributed by atoms with Crippen molar-refractivity contribution in [1.82, 2.24) is 0 Å². The first-order valence-corrected chi connectivity index (χ1v) is 6.26. The standard InChI is InChI=1S/C12H14BrNO3/c13-8-1-2-9-10(7-8)14-11(17)12(9,3-5-15)4-6-16/h1-2,7,15-16H,3-6H2,(H,14,17). The van der Waals surface area contributed by atoms with Crippen LogP contribution in [0, 0.1) is 0 Å². The molecule has 92 valence electrons. The van der Waals surface area contributed by atoms with E-state index < -0.39 is 5.41 Å². The molecule has 2 rings (SSSR count). The number of carbonyl (C=O) groups excluding carboxylic acids is 1. The zero-order valence-electron chi connectivity index (χ0n) is 9.24. The van der Waals surface area contributed by atoms with E-state index in [-0.39, 0.29) is 19.1 Å². The number of nitrogens with one attached hydrogen (secondary N) is 1. The Balaban J connectivity index is 2.50. The smallest absolute Gasteiger partial charge is 0.235 e. The third-order valence-electron chi connectivity index (χ3n) is 3.26. The minimum atomic E-state index is -0.792. The number of halogens is 1. The van der Waals surface area contributed by atoms with Crippen LogP contribution in [0.2, 0.25) is 0 Å². The topological polar surface area (TPSA) is 69.6 Å². The van der Waals surface area contributed by atoms with Crippen LogP contribution in [-0.2, 0) is 10.2 Å². The maximum absolute atomic E-state index is 12.1. The van der Waals surface area contributed by atoms with Gasteiger partial charge in [0.1, 0.15) is 0 Å². The summed E-state index contributed by atoms with van der Waals surface area (Å²) in [4.78, 5) is 12.1. The van der Waals surface area contributed by atoms with E-state index in [0.29, 0.717) is 12.8 Å². The molecule has 0 fully saturated rings. The normalized spacial score (nSPS) is 16.8. The van der Waals surface area contributed by atoms with Crippen molar-refractivity contribution >= 4 is 27.5 Å². The van der Waals surface area contributed by atoms with Crippen LogP contribution in [0.15, 0.2) is 22.7 Å². The summed E-state index contributed by atoms with van der Waals surface area (Å²) >= 11 is 3.35. The van der Waals surface area contributed by atoms with Crippen molar-refractivity contribution < 1.29 is 15.0 Å². The first-order valence-electron chi connectivity index (χ1n) is 5.47. The van der Waals surface area contributed by atoms with Crippen LogP contribution in [0.5, 0.6) is 0 Å². The Morgan fingerprint density at radius 1 is 1.24 bits per heavy atom. The van der Waals surface area contributed by atoms with Gasteiger partial charge in [0.05, 0.1) is 5.41 Å². The van der Waals surface area contributed by atoms with E-state index in [1.165, 1.54) is 0 Å². The lowest BCUT2D eigenvalue weighted by atomic mass is 9.76. The minimum Gasteiger partial charge on any atom is -0.396 e. The fourth-order valence-electron chi connectivity index (χ4n) is 2.40. The van der Waals surface area contributed by atoms with Crippen molar-refractivity contribution in [2.24, 2.45) is 0 Å². The largest absolute Gasteiger partial charge is 0.396 e. The predicted octanol–water partition coefficient (Wildman–Crippen LogP) is 1.40. The number of rotatable bonds is 4. The third-order valence-corrected chi connectivity index (χ3v) is 3.75. The number of benzene rings is 1. The van der Waals surface area contributed by atoms with Gasteiger partial charge in [0.25, 0.3) is 0 Å². The van der Waals surface area contributed by atoms with Crippen molar-refractivity contribution in [1.29, 1.82) is 0 Å². The maximum atomic E-state index is 12.1. The van der Waals surface area contributed by atoms with E-state index in [2.05, 4.69) is 21.2 Å². The van der Waals surface area contributed by atoms with Crippen LogP contribution in [0.3, 0.4) is 0 Å². The zero-order valence-corrected chi connectivity index (χ0v) is 10.8. The van der Waals surface area contributed by atoms with Crippen molar-refractivity contribution in [3.05, 3.63) is 28.2 Å². The molecule has 0 spiro atoms. The van der Waals surface area contributed by atoms with Crippen LogP contribution in [0.25, 0.3) is 0 Å². The molecule has 0 atom stereocenters. The Kier molecular flexibility index (Phi) is 3.51. The van der Waals surface area contributed by atoms with E-state index in [4.69, 9.17) is 10.2 Å². The van der Waals surface area contributed by atoms with Crippen molar-refractivity contribution in [3.63, 3.8) is 0 Å². The molecule has 0 bridgehead atoms. The number of aliphatic hydroxyl groups is 2. The van der Waals surface area contributed by atoms with Gasteiger partial charge in [-0.05, 0) is 30.5 Å². The second kappa shape index (κ2) is 4.76. The van der Waals surface area contributed by atoms with Gasteiger partial charge in [-0.2, -0.15) is 0 Å². The molecular formula is C12H14BrNO3. The molecule has 1 aliphatic heterocycles. The fourth-order valence-corrected chi connectivity index (χ4v) is 2.77. The number of aliphatic hydroxyl groups excluding tert-OH is 2. The molecule has 0 radical (unpaired) electrons. The number of fused-ring (bicyclic) bond motifs is 1. The molecule has 0 aliphatic carbocycles. The summed E-state index contributed by atoms with van der Waals surface area (Å²) in [6.07, 6.45) is 0.655. The van der Waals surface area contributed by atoms with Gasteiger partial charge in [-0.25, -0.2) is 0 Å². The highest BCUT2D eigenvalue weighted by molar-refractivity contribution is 9.10.